The van der Waals surface area contributed by atoms with E-state index in [1.807, 2.05) is 0 Å². The molecule has 3 rings (SSSR count). The second-order valence-electron chi connectivity index (χ2n) is 6.26. The molecule has 0 spiro atoms. The van der Waals surface area contributed by atoms with Crippen molar-refractivity contribution < 1.29 is 4.74 Å². The second-order valence-corrected chi connectivity index (χ2v) is 6.26. The van der Waals surface area contributed by atoms with Gasteiger partial charge in [0.2, 0.25) is 0 Å². The van der Waals surface area contributed by atoms with Crippen LogP contribution in [0.1, 0.15) is 25.3 Å². The molecule has 1 saturated heterocycles. The zero-order valence-corrected chi connectivity index (χ0v) is 12.4. The van der Waals surface area contributed by atoms with Crippen molar-refractivity contribution in [3.63, 3.8) is 0 Å². The van der Waals surface area contributed by atoms with Gasteiger partial charge in [-0.2, -0.15) is 0 Å². The fourth-order valence-electron chi connectivity index (χ4n) is 3.74. The molecule has 3 heteroatoms. The Morgan fingerprint density at radius 1 is 1.30 bits per heavy atom. The number of para-hydroxylation sites is 1. The van der Waals surface area contributed by atoms with Crippen LogP contribution in [0.3, 0.4) is 0 Å². The average Bonchev–Trinajstić information content (AvgIpc) is 2.89. The summed E-state index contributed by atoms with van der Waals surface area (Å²) >= 11 is 0. The average molecular weight is 274 g/mol. The van der Waals surface area contributed by atoms with Crippen molar-refractivity contribution in [2.75, 3.05) is 26.2 Å². The van der Waals surface area contributed by atoms with Crippen LogP contribution in [0.2, 0.25) is 0 Å². The van der Waals surface area contributed by atoms with Gasteiger partial charge in [-0.25, -0.2) is 0 Å². The highest BCUT2D eigenvalue weighted by Gasteiger charge is 2.30. The van der Waals surface area contributed by atoms with E-state index < -0.39 is 0 Å². The molecule has 1 aromatic rings. The maximum Gasteiger partial charge on any atom is 0.123 e. The van der Waals surface area contributed by atoms with Crippen LogP contribution in [0.25, 0.3) is 0 Å². The lowest BCUT2D eigenvalue weighted by atomic mass is 9.83. The number of piperidine rings is 1. The molecule has 0 saturated carbocycles. The van der Waals surface area contributed by atoms with E-state index in [1.54, 1.807) is 0 Å². The fourth-order valence-corrected chi connectivity index (χ4v) is 3.74. The van der Waals surface area contributed by atoms with Crippen LogP contribution < -0.4 is 10.5 Å². The molecule has 2 aliphatic rings. The third-order valence-corrected chi connectivity index (χ3v) is 4.98. The maximum absolute atomic E-state index is 6.07. The molecule has 0 aliphatic carbocycles. The van der Waals surface area contributed by atoms with Crippen LogP contribution in [0, 0.1) is 11.8 Å². The van der Waals surface area contributed by atoms with Crippen molar-refractivity contribution in [3.05, 3.63) is 29.8 Å². The Labute approximate surface area is 122 Å². The molecular weight excluding hydrogens is 248 g/mol. The predicted molar refractivity (Wildman–Crippen MR) is 81.9 cm³/mol. The molecule has 0 radical (unpaired) electrons. The van der Waals surface area contributed by atoms with Gasteiger partial charge in [0, 0.05) is 19.5 Å². The smallest absolute Gasteiger partial charge is 0.123 e. The van der Waals surface area contributed by atoms with Gasteiger partial charge in [-0.15, -0.1) is 0 Å². The molecule has 1 fully saturated rings. The van der Waals surface area contributed by atoms with Crippen LogP contribution in [0.4, 0.5) is 0 Å². The van der Waals surface area contributed by atoms with Gasteiger partial charge < -0.3 is 10.5 Å². The van der Waals surface area contributed by atoms with E-state index >= 15 is 0 Å². The van der Waals surface area contributed by atoms with Crippen molar-refractivity contribution >= 4 is 0 Å². The highest BCUT2D eigenvalue weighted by Crippen LogP contribution is 2.30. The summed E-state index contributed by atoms with van der Waals surface area (Å²) in [6.07, 6.45) is 3.88. The summed E-state index contributed by atoms with van der Waals surface area (Å²) in [6.45, 7) is 6.56. The lowest BCUT2D eigenvalue weighted by Crippen LogP contribution is -2.46. The molecule has 0 bridgehead atoms. The lowest BCUT2D eigenvalue weighted by molar-refractivity contribution is 0.0806. The van der Waals surface area contributed by atoms with Crippen LogP contribution in [0.15, 0.2) is 24.3 Å². The van der Waals surface area contributed by atoms with Crippen LogP contribution in [0.5, 0.6) is 5.75 Å². The van der Waals surface area contributed by atoms with Crippen molar-refractivity contribution in [2.24, 2.45) is 17.6 Å². The standard InChI is InChI=1S/C17H26N2O/c1-2-13-11-19(8-7-15(13)10-18)12-16-9-14-5-3-4-6-17(14)20-16/h3-6,13,15-16H,2,7-12,18H2,1H3. The number of fused-ring (bicyclic) bond motifs is 1. The number of ether oxygens (including phenoxy) is 1. The van der Waals surface area contributed by atoms with Crippen LogP contribution >= 0.6 is 0 Å². The molecule has 110 valence electrons. The Morgan fingerprint density at radius 2 is 2.15 bits per heavy atom. The molecule has 2 aliphatic heterocycles. The Bertz CT molecular complexity index is 423. The second kappa shape index (κ2) is 6.15. The van der Waals surface area contributed by atoms with Crippen molar-refractivity contribution in [3.8, 4) is 5.75 Å². The van der Waals surface area contributed by atoms with E-state index in [4.69, 9.17) is 10.5 Å². The van der Waals surface area contributed by atoms with Crippen molar-refractivity contribution in [2.45, 2.75) is 32.3 Å². The highest BCUT2D eigenvalue weighted by atomic mass is 16.5. The minimum absolute atomic E-state index is 0.333. The van der Waals surface area contributed by atoms with E-state index in [0.29, 0.717) is 6.10 Å². The molecular formula is C17H26N2O. The summed E-state index contributed by atoms with van der Waals surface area (Å²) in [4.78, 5) is 2.58. The van der Waals surface area contributed by atoms with E-state index in [0.717, 1.165) is 37.1 Å². The summed E-state index contributed by atoms with van der Waals surface area (Å²) in [5.41, 5.74) is 7.25. The van der Waals surface area contributed by atoms with Gasteiger partial charge in [-0.3, -0.25) is 4.90 Å². The predicted octanol–water partition coefficient (Wildman–Crippen LogP) is 2.30. The first-order chi connectivity index (χ1) is 9.80. The summed E-state index contributed by atoms with van der Waals surface area (Å²) in [5, 5.41) is 0. The fraction of sp³-hybridized carbons (Fsp3) is 0.647. The van der Waals surface area contributed by atoms with Crippen molar-refractivity contribution in [1.29, 1.82) is 0 Å². The van der Waals surface area contributed by atoms with E-state index in [9.17, 15) is 0 Å². The SMILES string of the molecule is CCC1CN(CC2Cc3ccccc3O2)CCC1CN. The molecule has 2 N–H and O–H groups in total. The first-order valence-corrected chi connectivity index (χ1v) is 7.97. The van der Waals surface area contributed by atoms with Crippen LogP contribution in [-0.2, 0) is 6.42 Å². The topological polar surface area (TPSA) is 38.5 Å². The molecule has 0 amide bonds. The molecule has 20 heavy (non-hydrogen) atoms. The maximum atomic E-state index is 6.07. The van der Waals surface area contributed by atoms with Gasteiger partial charge in [0.15, 0.2) is 0 Å². The van der Waals surface area contributed by atoms with Gasteiger partial charge in [0.05, 0.1) is 0 Å². The minimum Gasteiger partial charge on any atom is -0.488 e. The first kappa shape index (κ1) is 13.9. The number of rotatable bonds is 4. The number of likely N-dealkylation sites (tertiary alicyclic amines) is 1. The summed E-state index contributed by atoms with van der Waals surface area (Å²) < 4.78 is 6.07. The zero-order valence-electron chi connectivity index (χ0n) is 12.4. The third kappa shape index (κ3) is 2.84. The first-order valence-electron chi connectivity index (χ1n) is 7.97. The van der Waals surface area contributed by atoms with Gasteiger partial charge in [-0.1, -0.05) is 31.5 Å². The number of nitrogens with two attached hydrogens (primary N) is 1. The monoisotopic (exact) mass is 274 g/mol. The largest absolute Gasteiger partial charge is 0.488 e. The highest BCUT2D eigenvalue weighted by molar-refractivity contribution is 5.37. The van der Waals surface area contributed by atoms with E-state index in [2.05, 4.69) is 36.1 Å². The summed E-state index contributed by atoms with van der Waals surface area (Å²) in [7, 11) is 0. The Hall–Kier alpha value is -1.06. The molecule has 3 atom stereocenters. The zero-order chi connectivity index (χ0) is 13.9. The Kier molecular flexibility index (Phi) is 4.27. The quantitative estimate of drug-likeness (QED) is 0.915. The number of benzene rings is 1. The van der Waals surface area contributed by atoms with Crippen molar-refractivity contribution in [1.82, 2.24) is 4.90 Å². The molecule has 3 unspecified atom stereocenters. The molecule has 2 heterocycles. The molecule has 1 aromatic carbocycles. The number of hydrogen-bond donors (Lipinski definition) is 1. The van der Waals surface area contributed by atoms with E-state index in [1.165, 1.54) is 31.5 Å². The van der Waals surface area contributed by atoms with Gasteiger partial charge in [0.25, 0.3) is 0 Å². The van der Waals surface area contributed by atoms with Gasteiger partial charge in [-0.05, 0) is 43.0 Å². The molecule has 3 nitrogen and oxygen atoms in total. The normalized spacial score (nSPS) is 30.0. The van der Waals surface area contributed by atoms with E-state index in [-0.39, 0.29) is 0 Å². The summed E-state index contributed by atoms with van der Waals surface area (Å²) in [5.74, 6) is 2.57. The van der Waals surface area contributed by atoms with Crippen LogP contribution in [-0.4, -0.2) is 37.2 Å². The Balaban J connectivity index is 1.55. The summed E-state index contributed by atoms with van der Waals surface area (Å²) in [6, 6.07) is 8.43. The Morgan fingerprint density at radius 3 is 2.90 bits per heavy atom. The lowest BCUT2D eigenvalue weighted by Gasteiger charge is -2.38. The minimum atomic E-state index is 0.333. The van der Waals surface area contributed by atoms with Gasteiger partial charge in [0.1, 0.15) is 11.9 Å². The number of hydrogen-bond acceptors (Lipinski definition) is 3. The third-order valence-electron chi connectivity index (χ3n) is 4.98. The number of nitrogens with zero attached hydrogens (tertiary/aromatic N) is 1. The van der Waals surface area contributed by atoms with Gasteiger partial charge >= 0.3 is 0 Å². The molecule has 0 aromatic heterocycles.